The van der Waals surface area contributed by atoms with Crippen LogP contribution >= 0.6 is 23.2 Å². The van der Waals surface area contributed by atoms with Gasteiger partial charge < -0.3 is 5.32 Å². The van der Waals surface area contributed by atoms with Crippen molar-refractivity contribution in [2.75, 3.05) is 12.4 Å². The fourth-order valence-corrected chi connectivity index (χ4v) is 3.03. The fraction of sp³-hybridized carbons (Fsp3) is 0.500. The molecule has 19 heavy (non-hydrogen) atoms. The number of carbonyl (C=O) groups is 1. The molecular formula is C14H16Cl2FNO. The number of nitrogens with one attached hydrogen (secondary N) is 1. The highest BCUT2D eigenvalue weighted by molar-refractivity contribution is 6.31. The average molecular weight is 304 g/mol. The lowest BCUT2D eigenvalue weighted by Crippen LogP contribution is -2.37. The van der Waals surface area contributed by atoms with E-state index in [0.29, 0.717) is 18.0 Å². The summed E-state index contributed by atoms with van der Waals surface area (Å²) in [5, 5.41) is 2.83. The molecule has 0 saturated heterocycles. The van der Waals surface area contributed by atoms with Gasteiger partial charge in [0.05, 0.1) is 5.02 Å². The van der Waals surface area contributed by atoms with Crippen molar-refractivity contribution in [3.8, 4) is 0 Å². The Kier molecular flexibility index (Phi) is 4.69. The van der Waals surface area contributed by atoms with Gasteiger partial charge in [0.15, 0.2) is 0 Å². The number of halogens is 3. The summed E-state index contributed by atoms with van der Waals surface area (Å²) in [6.07, 6.45) is 4.40. The molecule has 1 aromatic rings. The number of alkyl halides is 1. The zero-order valence-corrected chi connectivity index (χ0v) is 12.0. The van der Waals surface area contributed by atoms with E-state index in [9.17, 15) is 9.18 Å². The molecule has 0 aromatic heterocycles. The van der Waals surface area contributed by atoms with Gasteiger partial charge in [-0.05, 0) is 31.0 Å². The summed E-state index contributed by atoms with van der Waals surface area (Å²) >= 11 is 11.7. The van der Waals surface area contributed by atoms with Gasteiger partial charge in [-0.1, -0.05) is 24.4 Å². The van der Waals surface area contributed by atoms with Gasteiger partial charge in [-0.15, -0.1) is 11.6 Å². The summed E-state index contributed by atoms with van der Waals surface area (Å²) in [5.74, 6) is -0.207. The first kappa shape index (κ1) is 14.6. The molecule has 0 unspecified atom stereocenters. The topological polar surface area (TPSA) is 29.1 Å². The third-order valence-corrected chi connectivity index (χ3v) is 4.61. The lowest BCUT2D eigenvalue weighted by atomic mass is 9.88. The van der Waals surface area contributed by atoms with Crippen molar-refractivity contribution in [2.24, 2.45) is 5.41 Å². The van der Waals surface area contributed by atoms with Gasteiger partial charge >= 0.3 is 0 Å². The molecule has 1 fully saturated rings. The highest BCUT2D eigenvalue weighted by atomic mass is 35.5. The first-order valence-electron chi connectivity index (χ1n) is 6.36. The molecule has 1 saturated carbocycles. The van der Waals surface area contributed by atoms with E-state index in [0.717, 1.165) is 25.7 Å². The summed E-state index contributed by atoms with van der Waals surface area (Å²) in [6, 6.07) is 3.97. The normalized spacial score (nSPS) is 17.4. The Morgan fingerprint density at radius 3 is 2.63 bits per heavy atom. The van der Waals surface area contributed by atoms with Gasteiger partial charge in [-0.25, -0.2) is 4.39 Å². The molecule has 0 spiro atoms. The third-order valence-electron chi connectivity index (χ3n) is 3.75. The van der Waals surface area contributed by atoms with E-state index in [2.05, 4.69) is 5.32 Å². The first-order valence-corrected chi connectivity index (χ1v) is 7.27. The monoisotopic (exact) mass is 303 g/mol. The number of amides is 1. The van der Waals surface area contributed by atoms with Crippen LogP contribution in [-0.2, 0) is 0 Å². The lowest BCUT2D eigenvalue weighted by Gasteiger charge is -2.26. The van der Waals surface area contributed by atoms with Crippen molar-refractivity contribution in [2.45, 2.75) is 25.7 Å². The smallest absolute Gasteiger partial charge is 0.251 e. The van der Waals surface area contributed by atoms with Crippen LogP contribution in [0.5, 0.6) is 0 Å². The average Bonchev–Trinajstić information content (AvgIpc) is 2.89. The minimum atomic E-state index is -0.522. The van der Waals surface area contributed by atoms with Crippen LogP contribution in [0.25, 0.3) is 0 Å². The first-order chi connectivity index (χ1) is 9.06. The van der Waals surface area contributed by atoms with Crippen molar-refractivity contribution in [3.63, 3.8) is 0 Å². The summed E-state index contributed by atoms with van der Waals surface area (Å²) in [5.41, 5.74) is 0.384. The molecule has 0 atom stereocenters. The van der Waals surface area contributed by atoms with E-state index >= 15 is 0 Å². The molecular weight excluding hydrogens is 288 g/mol. The zero-order valence-electron chi connectivity index (χ0n) is 10.5. The predicted molar refractivity (Wildman–Crippen MR) is 75.4 cm³/mol. The molecule has 1 aliphatic rings. The van der Waals surface area contributed by atoms with Crippen molar-refractivity contribution in [1.82, 2.24) is 5.32 Å². The van der Waals surface area contributed by atoms with Crippen LogP contribution in [0.15, 0.2) is 18.2 Å². The minimum Gasteiger partial charge on any atom is -0.351 e. The second kappa shape index (κ2) is 6.10. The Morgan fingerprint density at radius 2 is 2.05 bits per heavy atom. The maximum Gasteiger partial charge on any atom is 0.251 e. The van der Waals surface area contributed by atoms with Crippen LogP contribution in [0.2, 0.25) is 5.02 Å². The van der Waals surface area contributed by atoms with E-state index in [1.807, 2.05) is 0 Å². The summed E-state index contributed by atoms with van der Waals surface area (Å²) in [6.45, 7) is 0.560. The van der Waals surface area contributed by atoms with Gasteiger partial charge in [-0.3, -0.25) is 4.79 Å². The summed E-state index contributed by atoms with van der Waals surface area (Å²) in [7, 11) is 0. The van der Waals surface area contributed by atoms with Gasteiger partial charge in [0.1, 0.15) is 5.82 Å². The number of hydrogen-bond donors (Lipinski definition) is 1. The predicted octanol–water partition coefficient (Wildman–Crippen LogP) is 4.01. The third kappa shape index (κ3) is 3.40. The second-order valence-corrected chi connectivity index (χ2v) is 5.83. The Bertz CT molecular complexity index is 473. The van der Waals surface area contributed by atoms with Gasteiger partial charge in [0.25, 0.3) is 5.91 Å². The van der Waals surface area contributed by atoms with E-state index in [4.69, 9.17) is 23.2 Å². The minimum absolute atomic E-state index is 0.0149. The zero-order chi connectivity index (χ0) is 13.9. The molecule has 0 radical (unpaired) electrons. The molecule has 0 aliphatic heterocycles. The van der Waals surface area contributed by atoms with E-state index < -0.39 is 5.82 Å². The molecule has 1 N–H and O–H groups in total. The van der Waals surface area contributed by atoms with Crippen LogP contribution in [0.1, 0.15) is 36.0 Å². The van der Waals surface area contributed by atoms with Gasteiger partial charge in [0, 0.05) is 23.4 Å². The molecule has 5 heteroatoms. The highest BCUT2D eigenvalue weighted by Gasteiger charge is 2.33. The molecule has 2 nitrogen and oxygen atoms in total. The molecule has 0 heterocycles. The molecule has 104 valence electrons. The highest BCUT2D eigenvalue weighted by Crippen LogP contribution is 2.38. The standard InChI is InChI=1S/C14H16Cl2FNO/c15-8-14(5-1-2-6-14)9-18-13(19)10-3-4-12(17)11(16)7-10/h3-4,7H,1-2,5-6,8-9H2,(H,18,19). The largest absolute Gasteiger partial charge is 0.351 e. The summed E-state index contributed by atoms with van der Waals surface area (Å²) < 4.78 is 13.0. The van der Waals surface area contributed by atoms with Crippen molar-refractivity contribution < 1.29 is 9.18 Å². The van der Waals surface area contributed by atoms with Crippen LogP contribution in [0.3, 0.4) is 0 Å². The van der Waals surface area contributed by atoms with Crippen molar-refractivity contribution in [3.05, 3.63) is 34.6 Å². The Hall–Kier alpha value is -0.800. The van der Waals surface area contributed by atoms with Crippen LogP contribution in [0.4, 0.5) is 4.39 Å². The van der Waals surface area contributed by atoms with Crippen molar-refractivity contribution in [1.29, 1.82) is 0 Å². The quantitative estimate of drug-likeness (QED) is 0.837. The summed E-state index contributed by atoms with van der Waals surface area (Å²) in [4.78, 5) is 12.0. The van der Waals surface area contributed by atoms with Crippen molar-refractivity contribution >= 4 is 29.1 Å². The van der Waals surface area contributed by atoms with E-state index in [-0.39, 0.29) is 16.3 Å². The molecule has 2 rings (SSSR count). The Labute approximate surface area is 122 Å². The number of hydrogen-bond acceptors (Lipinski definition) is 1. The SMILES string of the molecule is O=C(NCC1(CCl)CCCC1)c1ccc(F)c(Cl)c1. The maximum atomic E-state index is 13.0. The number of benzene rings is 1. The Morgan fingerprint density at radius 1 is 1.37 bits per heavy atom. The maximum absolute atomic E-state index is 13.0. The Balaban J connectivity index is 1.99. The van der Waals surface area contributed by atoms with E-state index in [1.54, 1.807) is 0 Å². The van der Waals surface area contributed by atoms with Gasteiger partial charge in [0.2, 0.25) is 0 Å². The molecule has 1 aliphatic carbocycles. The second-order valence-electron chi connectivity index (χ2n) is 5.15. The van der Waals surface area contributed by atoms with Crippen LogP contribution in [0, 0.1) is 11.2 Å². The molecule has 1 aromatic carbocycles. The lowest BCUT2D eigenvalue weighted by molar-refractivity contribution is 0.0935. The number of rotatable bonds is 4. The van der Waals surface area contributed by atoms with Gasteiger partial charge in [-0.2, -0.15) is 0 Å². The van der Waals surface area contributed by atoms with E-state index in [1.165, 1.54) is 18.2 Å². The number of carbonyl (C=O) groups excluding carboxylic acids is 1. The van der Waals surface area contributed by atoms with Crippen LogP contribution < -0.4 is 5.32 Å². The fourth-order valence-electron chi connectivity index (χ4n) is 2.49. The molecule has 1 amide bonds. The molecule has 0 bridgehead atoms. The van der Waals surface area contributed by atoms with Crippen LogP contribution in [-0.4, -0.2) is 18.3 Å².